The van der Waals surface area contributed by atoms with Gasteiger partial charge in [0.2, 0.25) is 11.8 Å². The highest BCUT2D eigenvalue weighted by Crippen LogP contribution is 2.50. The summed E-state index contributed by atoms with van der Waals surface area (Å²) in [5.41, 5.74) is 0.418. The second-order valence-electron chi connectivity index (χ2n) is 11.7. The number of ether oxygens (including phenoxy) is 4. The molecule has 2 heterocycles. The molecule has 0 atom stereocenters. The summed E-state index contributed by atoms with van der Waals surface area (Å²) in [6.45, 7) is 4.78. The fourth-order valence-electron chi connectivity index (χ4n) is 5.51. The highest BCUT2D eigenvalue weighted by Gasteiger charge is 2.51. The van der Waals surface area contributed by atoms with Crippen molar-refractivity contribution >= 4 is 34.1 Å². The summed E-state index contributed by atoms with van der Waals surface area (Å²) in [6.07, 6.45) is 3.44. The SMILES string of the molecule is COc1cc2c(Oc3ccc(NC(=O)CC4(C(=O)Nc5ccc(F)cc5)CC4)cc3F)ccnc2cc1OCCCN1CCOCC1. The van der Waals surface area contributed by atoms with Crippen LogP contribution in [0.1, 0.15) is 25.7 Å². The van der Waals surface area contributed by atoms with Gasteiger partial charge in [-0.2, -0.15) is 0 Å². The lowest BCUT2D eigenvalue weighted by Gasteiger charge is -2.26. The van der Waals surface area contributed by atoms with Crippen molar-refractivity contribution in [1.82, 2.24) is 9.88 Å². The molecule has 6 rings (SSSR count). The first kappa shape index (κ1) is 32.1. The number of fused-ring (bicyclic) bond motifs is 1. The normalized spacial score (nSPS) is 15.6. The number of nitrogens with one attached hydrogen (secondary N) is 2. The molecule has 10 nitrogen and oxygen atoms in total. The first-order valence-electron chi connectivity index (χ1n) is 15.6. The van der Waals surface area contributed by atoms with Crippen molar-refractivity contribution in [2.75, 3.05) is 57.2 Å². The molecule has 2 amide bonds. The molecule has 0 spiro atoms. The molecule has 1 aromatic heterocycles. The maximum atomic E-state index is 15.2. The van der Waals surface area contributed by atoms with Crippen LogP contribution in [-0.2, 0) is 14.3 Å². The molecule has 1 aliphatic heterocycles. The number of aromatic nitrogens is 1. The van der Waals surface area contributed by atoms with Crippen LogP contribution >= 0.6 is 0 Å². The van der Waals surface area contributed by atoms with Gasteiger partial charge >= 0.3 is 0 Å². The molecular weight excluding hydrogens is 610 g/mol. The minimum atomic E-state index is -0.850. The summed E-state index contributed by atoms with van der Waals surface area (Å²) in [7, 11) is 1.55. The van der Waals surface area contributed by atoms with Crippen LogP contribution in [-0.4, -0.2) is 68.3 Å². The van der Waals surface area contributed by atoms with E-state index in [1.165, 1.54) is 36.4 Å². The smallest absolute Gasteiger partial charge is 0.231 e. The predicted octanol–water partition coefficient (Wildman–Crippen LogP) is 6.16. The molecule has 4 aromatic rings. The Balaban J connectivity index is 1.07. The lowest BCUT2D eigenvalue weighted by Crippen LogP contribution is -2.37. The molecule has 246 valence electrons. The van der Waals surface area contributed by atoms with Crippen LogP contribution in [0.5, 0.6) is 23.0 Å². The van der Waals surface area contributed by atoms with Crippen molar-refractivity contribution < 1.29 is 37.3 Å². The first-order valence-corrected chi connectivity index (χ1v) is 15.6. The Morgan fingerprint density at radius 2 is 1.68 bits per heavy atom. The van der Waals surface area contributed by atoms with Gasteiger partial charge in [-0.15, -0.1) is 0 Å². The van der Waals surface area contributed by atoms with E-state index in [4.69, 9.17) is 18.9 Å². The molecular formula is C35H36F2N4O6. The monoisotopic (exact) mass is 646 g/mol. The van der Waals surface area contributed by atoms with Crippen LogP contribution in [0, 0.1) is 17.0 Å². The van der Waals surface area contributed by atoms with Gasteiger partial charge in [-0.3, -0.25) is 19.5 Å². The van der Waals surface area contributed by atoms with Gasteiger partial charge < -0.3 is 29.6 Å². The zero-order valence-electron chi connectivity index (χ0n) is 26.0. The number of rotatable bonds is 13. The standard InChI is InChI=1S/C35H36F2N4O6/c1-44-31-20-26-28(21-32(31)46-16-2-13-41-14-17-45-18-15-41)38-12-9-29(26)47-30-8-7-25(19-27(30)37)39-33(42)22-35(10-11-35)34(43)40-24-5-3-23(36)4-6-24/h3-9,12,19-21H,2,10-11,13-18,22H2,1H3,(H,39,42)(H,40,43). The molecule has 3 aromatic carbocycles. The summed E-state index contributed by atoms with van der Waals surface area (Å²) in [5.74, 6) is -0.448. The number of anilines is 2. The lowest BCUT2D eigenvalue weighted by atomic mass is 10.0. The predicted molar refractivity (Wildman–Crippen MR) is 172 cm³/mol. The maximum Gasteiger partial charge on any atom is 0.231 e. The average molecular weight is 647 g/mol. The largest absolute Gasteiger partial charge is 0.493 e. The zero-order valence-corrected chi connectivity index (χ0v) is 26.0. The third kappa shape index (κ3) is 7.95. The van der Waals surface area contributed by atoms with Gasteiger partial charge in [-0.25, -0.2) is 8.78 Å². The number of hydrogen-bond acceptors (Lipinski definition) is 8. The summed E-state index contributed by atoms with van der Waals surface area (Å²) in [6, 6.07) is 14.7. The minimum absolute atomic E-state index is 0.0461. The van der Waals surface area contributed by atoms with Crippen molar-refractivity contribution in [1.29, 1.82) is 0 Å². The van der Waals surface area contributed by atoms with Gasteiger partial charge in [-0.05, 0) is 67.8 Å². The molecule has 2 aliphatic rings. The van der Waals surface area contributed by atoms with Crippen molar-refractivity contribution in [3.8, 4) is 23.0 Å². The van der Waals surface area contributed by atoms with Crippen LogP contribution in [0.15, 0.2) is 66.9 Å². The van der Waals surface area contributed by atoms with E-state index >= 15 is 4.39 Å². The third-order valence-corrected chi connectivity index (χ3v) is 8.34. The molecule has 12 heteroatoms. The fraction of sp³-hybridized carbons (Fsp3) is 0.343. The van der Waals surface area contributed by atoms with Crippen LogP contribution in [0.4, 0.5) is 20.2 Å². The van der Waals surface area contributed by atoms with E-state index in [9.17, 15) is 14.0 Å². The molecule has 0 radical (unpaired) electrons. The molecule has 47 heavy (non-hydrogen) atoms. The second kappa shape index (κ2) is 14.3. The Bertz CT molecular complexity index is 1740. The van der Waals surface area contributed by atoms with Crippen molar-refractivity contribution in [2.24, 2.45) is 5.41 Å². The van der Waals surface area contributed by atoms with Gasteiger partial charge in [0, 0.05) is 61.1 Å². The van der Waals surface area contributed by atoms with Crippen molar-refractivity contribution in [3.05, 3.63) is 78.5 Å². The Labute approximate surface area is 271 Å². The van der Waals surface area contributed by atoms with Gasteiger partial charge in [0.25, 0.3) is 0 Å². The van der Waals surface area contributed by atoms with Gasteiger partial charge in [-0.1, -0.05) is 0 Å². The van der Waals surface area contributed by atoms with Crippen LogP contribution < -0.4 is 24.8 Å². The highest BCUT2D eigenvalue weighted by molar-refractivity contribution is 6.02. The quantitative estimate of drug-likeness (QED) is 0.166. The van der Waals surface area contributed by atoms with E-state index in [1.54, 1.807) is 31.5 Å². The Hall–Kier alpha value is -4.81. The topological polar surface area (TPSA) is 111 Å². The van der Waals surface area contributed by atoms with E-state index in [1.807, 2.05) is 0 Å². The number of pyridine rings is 1. The maximum absolute atomic E-state index is 15.2. The fourth-order valence-corrected chi connectivity index (χ4v) is 5.51. The number of nitrogens with zero attached hydrogens (tertiary/aromatic N) is 2. The highest BCUT2D eigenvalue weighted by atomic mass is 19.1. The van der Waals surface area contributed by atoms with Gasteiger partial charge in [0.15, 0.2) is 23.1 Å². The van der Waals surface area contributed by atoms with Crippen molar-refractivity contribution in [3.63, 3.8) is 0 Å². The second-order valence-corrected chi connectivity index (χ2v) is 11.7. The minimum Gasteiger partial charge on any atom is -0.493 e. The summed E-state index contributed by atoms with van der Waals surface area (Å²) in [5, 5.41) is 6.02. The average Bonchev–Trinajstić information content (AvgIpc) is 3.86. The molecule has 2 N–H and O–H groups in total. The third-order valence-electron chi connectivity index (χ3n) is 8.34. The van der Waals surface area contributed by atoms with E-state index in [0.29, 0.717) is 53.3 Å². The number of carbonyl (C=O) groups is 2. The molecule has 2 fully saturated rings. The van der Waals surface area contributed by atoms with E-state index < -0.39 is 23.0 Å². The van der Waals surface area contributed by atoms with E-state index in [2.05, 4.69) is 20.5 Å². The molecule has 1 saturated carbocycles. The lowest BCUT2D eigenvalue weighted by molar-refractivity contribution is -0.126. The summed E-state index contributed by atoms with van der Waals surface area (Å²) >= 11 is 0. The number of amides is 2. The number of hydrogen-bond donors (Lipinski definition) is 2. The Morgan fingerprint density at radius 1 is 0.915 bits per heavy atom. The molecule has 0 unspecified atom stereocenters. The number of benzene rings is 3. The Morgan fingerprint density at radius 3 is 2.40 bits per heavy atom. The first-order chi connectivity index (χ1) is 22.8. The van der Waals surface area contributed by atoms with E-state index in [0.717, 1.165) is 45.3 Å². The van der Waals surface area contributed by atoms with Gasteiger partial charge in [0.05, 0.1) is 37.9 Å². The molecule has 0 bridgehead atoms. The summed E-state index contributed by atoms with van der Waals surface area (Å²) < 4.78 is 51.4. The number of carbonyl (C=O) groups excluding carboxylic acids is 2. The number of morpholine rings is 1. The number of methoxy groups -OCH3 is 1. The van der Waals surface area contributed by atoms with E-state index in [-0.39, 0.29) is 23.8 Å². The van der Waals surface area contributed by atoms with Crippen LogP contribution in [0.25, 0.3) is 10.9 Å². The zero-order chi connectivity index (χ0) is 32.8. The molecule has 1 saturated heterocycles. The van der Waals surface area contributed by atoms with Crippen molar-refractivity contribution in [2.45, 2.75) is 25.7 Å². The van der Waals surface area contributed by atoms with Gasteiger partial charge in [0.1, 0.15) is 11.6 Å². The van der Waals surface area contributed by atoms with Crippen LogP contribution in [0.3, 0.4) is 0 Å². The molecule has 1 aliphatic carbocycles. The Kier molecular flexibility index (Phi) is 9.79. The summed E-state index contributed by atoms with van der Waals surface area (Å²) in [4.78, 5) is 32.4. The number of halogens is 2. The van der Waals surface area contributed by atoms with Crippen LogP contribution in [0.2, 0.25) is 0 Å².